The average molecular weight is 373 g/mol. The van der Waals surface area contributed by atoms with Crippen LogP contribution in [-0.2, 0) is 11.4 Å². The first-order chi connectivity index (χ1) is 12.6. The van der Waals surface area contributed by atoms with Crippen molar-refractivity contribution in [3.63, 3.8) is 0 Å². The van der Waals surface area contributed by atoms with E-state index in [9.17, 15) is 4.79 Å². The monoisotopic (exact) mass is 372 g/mol. The molecule has 0 amide bonds. The number of rotatable bonds is 7. The van der Waals surface area contributed by atoms with Crippen LogP contribution in [0.5, 0.6) is 5.75 Å². The van der Waals surface area contributed by atoms with Gasteiger partial charge in [0, 0.05) is 35.4 Å². The zero-order valence-corrected chi connectivity index (χ0v) is 15.1. The van der Waals surface area contributed by atoms with Gasteiger partial charge in [-0.15, -0.1) is 0 Å². The number of nitrogens with one attached hydrogen (secondary N) is 1. The minimum atomic E-state index is -0.929. The minimum Gasteiger partial charge on any atom is -0.487 e. The van der Waals surface area contributed by atoms with E-state index >= 15 is 0 Å². The molecule has 0 saturated carbocycles. The smallest absolute Gasteiger partial charge is 0.328 e. The highest BCUT2D eigenvalue weighted by molar-refractivity contribution is 6.31. The van der Waals surface area contributed by atoms with E-state index in [1.807, 2.05) is 30.3 Å². The number of aliphatic carboxylic acids is 1. The highest BCUT2D eigenvalue weighted by atomic mass is 35.5. The van der Waals surface area contributed by atoms with Crippen LogP contribution < -0.4 is 15.0 Å². The molecule has 0 aliphatic carbocycles. The van der Waals surface area contributed by atoms with Crippen molar-refractivity contribution < 1.29 is 14.6 Å². The Morgan fingerprint density at radius 1 is 1.27 bits per heavy atom. The molecule has 26 heavy (non-hydrogen) atoms. The molecule has 1 aliphatic rings. The molecule has 5 nitrogen and oxygen atoms in total. The van der Waals surface area contributed by atoms with E-state index < -0.39 is 5.97 Å². The first-order valence-corrected chi connectivity index (χ1v) is 8.91. The molecule has 0 radical (unpaired) electrons. The van der Waals surface area contributed by atoms with Crippen LogP contribution in [-0.4, -0.2) is 30.7 Å². The number of carboxylic acid groups (broad SMARTS) is 1. The maximum Gasteiger partial charge on any atom is 0.328 e. The lowest BCUT2D eigenvalue weighted by molar-refractivity contribution is -0.131. The Morgan fingerprint density at radius 3 is 2.96 bits per heavy atom. The number of benzene rings is 2. The molecule has 0 aromatic heterocycles. The fourth-order valence-electron chi connectivity index (χ4n) is 2.95. The third kappa shape index (κ3) is 4.56. The van der Waals surface area contributed by atoms with Crippen molar-refractivity contribution in [2.45, 2.75) is 13.0 Å². The predicted octanol–water partition coefficient (Wildman–Crippen LogP) is 3.99. The summed E-state index contributed by atoms with van der Waals surface area (Å²) in [5.41, 5.74) is 3.23. The molecule has 0 saturated heterocycles. The summed E-state index contributed by atoms with van der Waals surface area (Å²) < 4.78 is 5.96. The van der Waals surface area contributed by atoms with Crippen molar-refractivity contribution in [2.75, 3.05) is 24.5 Å². The predicted molar refractivity (Wildman–Crippen MR) is 103 cm³/mol. The Hall–Kier alpha value is -2.50. The molecule has 2 aromatic rings. The summed E-state index contributed by atoms with van der Waals surface area (Å²) in [4.78, 5) is 12.7. The van der Waals surface area contributed by atoms with Crippen LogP contribution in [0.15, 0.2) is 54.6 Å². The molecule has 1 aliphatic heterocycles. The number of carboxylic acids is 1. The number of anilines is 2. The minimum absolute atomic E-state index is 0.527. The van der Waals surface area contributed by atoms with Crippen molar-refractivity contribution >= 4 is 28.9 Å². The zero-order valence-electron chi connectivity index (χ0n) is 14.3. The van der Waals surface area contributed by atoms with E-state index in [2.05, 4.69) is 22.3 Å². The molecule has 6 heteroatoms. The number of halogens is 1. The van der Waals surface area contributed by atoms with E-state index in [4.69, 9.17) is 21.4 Å². The first-order valence-electron chi connectivity index (χ1n) is 8.53. The van der Waals surface area contributed by atoms with Gasteiger partial charge in [0.1, 0.15) is 12.4 Å². The normalized spacial score (nSPS) is 13.0. The van der Waals surface area contributed by atoms with Gasteiger partial charge in [-0.3, -0.25) is 0 Å². The Labute approximate surface area is 157 Å². The summed E-state index contributed by atoms with van der Waals surface area (Å²) in [5.74, 6) is -0.107. The maximum absolute atomic E-state index is 10.4. The lowest BCUT2D eigenvalue weighted by atomic mass is 10.1. The molecule has 0 bridgehead atoms. The summed E-state index contributed by atoms with van der Waals surface area (Å²) in [6.45, 7) is 2.64. The van der Waals surface area contributed by atoms with Gasteiger partial charge >= 0.3 is 5.97 Å². The second-order valence-electron chi connectivity index (χ2n) is 5.98. The van der Waals surface area contributed by atoms with Crippen molar-refractivity contribution in [3.8, 4) is 5.75 Å². The topological polar surface area (TPSA) is 61.8 Å². The van der Waals surface area contributed by atoms with Crippen LogP contribution in [0.1, 0.15) is 12.0 Å². The fourth-order valence-corrected chi connectivity index (χ4v) is 3.12. The summed E-state index contributed by atoms with van der Waals surface area (Å²) in [7, 11) is 0. The van der Waals surface area contributed by atoms with Gasteiger partial charge in [0.05, 0.1) is 5.69 Å². The lowest BCUT2D eigenvalue weighted by Crippen LogP contribution is -2.24. The molecular formula is C20H21ClN2O3. The van der Waals surface area contributed by atoms with Crippen molar-refractivity contribution in [2.24, 2.45) is 0 Å². The SMILES string of the molecule is O=C(O)/C=C/CNCCCN1c2ccccc2COc2ccc(Cl)cc21. The number of fused-ring (bicyclic) bond motifs is 2. The molecule has 0 fully saturated rings. The van der Waals surface area contributed by atoms with E-state index in [0.29, 0.717) is 18.2 Å². The lowest BCUT2D eigenvalue weighted by Gasteiger charge is -2.26. The molecule has 2 N–H and O–H groups in total. The van der Waals surface area contributed by atoms with Gasteiger partial charge < -0.3 is 20.1 Å². The van der Waals surface area contributed by atoms with Crippen LogP contribution in [0.2, 0.25) is 5.02 Å². The van der Waals surface area contributed by atoms with Gasteiger partial charge in [0.2, 0.25) is 0 Å². The number of hydrogen-bond donors (Lipinski definition) is 2. The summed E-state index contributed by atoms with van der Waals surface area (Å²) >= 11 is 6.22. The number of ether oxygens (including phenoxy) is 1. The van der Waals surface area contributed by atoms with Crippen molar-refractivity contribution in [3.05, 3.63) is 65.2 Å². The third-order valence-corrected chi connectivity index (χ3v) is 4.37. The van der Waals surface area contributed by atoms with Gasteiger partial charge in [0.25, 0.3) is 0 Å². The highest BCUT2D eigenvalue weighted by Crippen LogP contribution is 2.40. The summed E-state index contributed by atoms with van der Waals surface area (Å²) in [6, 6.07) is 13.9. The molecule has 0 spiro atoms. The molecule has 1 heterocycles. The second kappa shape index (κ2) is 8.74. The van der Waals surface area contributed by atoms with Gasteiger partial charge in [-0.2, -0.15) is 0 Å². The number of carbonyl (C=O) groups is 1. The van der Waals surface area contributed by atoms with Crippen LogP contribution in [0, 0.1) is 0 Å². The molecule has 136 valence electrons. The van der Waals surface area contributed by atoms with Gasteiger partial charge in [-0.05, 0) is 37.2 Å². The molecule has 0 unspecified atom stereocenters. The quantitative estimate of drug-likeness (QED) is 0.568. The van der Waals surface area contributed by atoms with Gasteiger partial charge in [-0.25, -0.2) is 4.79 Å². The van der Waals surface area contributed by atoms with E-state index in [-0.39, 0.29) is 0 Å². The van der Waals surface area contributed by atoms with E-state index in [0.717, 1.165) is 48.3 Å². The zero-order chi connectivity index (χ0) is 18.4. The molecular weight excluding hydrogens is 352 g/mol. The van der Waals surface area contributed by atoms with Crippen molar-refractivity contribution in [1.82, 2.24) is 5.32 Å². The van der Waals surface area contributed by atoms with Crippen LogP contribution in [0.4, 0.5) is 11.4 Å². The largest absolute Gasteiger partial charge is 0.487 e. The first kappa shape index (κ1) is 18.3. The number of nitrogens with zero attached hydrogens (tertiary/aromatic N) is 1. The standard InChI is InChI=1S/C20H21ClN2O3/c21-16-8-9-19-18(13-16)23(12-4-11-22-10-3-7-20(24)25)17-6-2-1-5-15(17)14-26-19/h1-3,5-9,13,22H,4,10-12,14H2,(H,24,25)/b7-3+. The Bertz CT molecular complexity index is 807. The van der Waals surface area contributed by atoms with Crippen molar-refractivity contribution in [1.29, 1.82) is 0 Å². The molecule has 0 atom stereocenters. The summed E-state index contributed by atoms with van der Waals surface area (Å²) in [5, 5.41) is 12.5. The average Bonchev–Trinajstić information content (AvgIpc) is 2.78. The van der Waals surface area contributed by atoms with Gasteiger partial charge in [-0.1, -0.05) is 35.9 Å². The Kier molecular flexibility index (Phi) is 6.15. The number of para-hydroxylation sites is 1. The van der Waals surface area contributed by atoms with Crippen LogP contribution in [0.25, 0.3) is 0 Å². The van der Waals surface area contributed by atoms with Crippen LogP contribution >= 0.6 is 11.6 Å². The van der Waals surface area contributed by atoms with E-state index in [1.165, 1.54) is 0 Å². The third-order valence-electron chi connectivity index (χ3n) is 4.14. The van der Waals surface area contributed by atoms with Gasteiger partial charge in [0.15, 0.2) is 0 Å². The molecule has 2 aromatic carbocycles. The highest BCUT2D eigenvalue weighted by Gasteiger charge is 2.21. The van der Waals surface area contributed by atoms with Crippen LogP contribution in [0.3, 0.4) is 0 Å². The fraction of sp³-hybridized carbons (Fsp3) is 0.250. The van der Waals surface area contributed by atoms with E-state index in [1.54, 1.807) is 6.08 Å². The number of hydrogen-bond acceptors (Lipinski definition) is 4. The summed E-state index contributed by atoms with van der Waals surface area (Å²) in [6.07, 6.45) is 3.64. The molecule has 3 rings (SSSR count). The Balaban J connectivity index is 1.71. The maximum atomic E-state index is 10.4. The Morgan fingerprint density at radius 2 is 2.12 bits per heavy atom. The second-order valence-corrected chi connectivity index (χ2v) is 6.42.